The molecule has 8 heteroatoms. The highest BCUT2D eigenvalue weighted by Crippen LogP contribution is 2.31. The van der Waals surface area contributed by atoms with Crippen LogP contribution in [0.1, 0.15) is 28.4 Å². The highest BCUT2D eigenvalue weighted by Gasteiger charge is 2.30. The predicted molar refractivity (Wildman–Crippen MR) is 104 cm³/mol. The summed E-state index contributed by atoms with van der Waals surface area (Å²) in [5, 5.41) is 0.524. The Hall–Kier alpha value is -2.48. The zero-order valence-corrected chi connectivity index (χ0v) is 16.0. The van der Waals surface area contributed by atoms with Crippen LogP contribution in [0, 0.1) is 0 Å². The van der Waals surface area contributed by atoms with Crippen molar-refractivity contribution in [3.8, 4) is 5.75 Å². The average molecular weight is 408 g/mol. The van der Waals surface area contributed by atoms with E-state index in [1.165, 1.54) is 17.8 Å². The predicted octanol–water partition coefficient (Wildman–Crippen LogP) is 4.85. The quantitative estimate of drug-likeness (QED) is 0.710. The van der Waals surface area contributed by atoms with Crippen molar-refractivity contribution in [3.63, 3.8) is 0 Å². The second kappa shape index (κ2) is 8.68. The molecule has 0 radical (unpaired) electrons. The molecule has 0 N–H and O–H groups in total. The number of amidine groups is 1. The van der Waals surface area contributed by atoms with E-state index in [1.807, 2.05) is 6.92 Å². The number of rotatable bonds is 5. The standard InChI is InChI=1S/C20H19F3N2O2S/c1-2-27-17-8-6-15(7-9-17)18(26)25-11-10-24-19(25)28-13-14-4-3-5-16(12-14)20(21,22)23/h3-9,12H,2,10-11,13H2,1H3. The number of benzene rings is 2. The Morgan fingerprint density at radius 3 is 2.64 bits per heavy atom. The summed E-state index contributed by atoms with van der Waals surface area (Å²) in [4.78, 5) is 18.7. The van der Waals surface area contributed by atoms with Crippen molar-refractivity contribution in [2.75, 3.05) is 19.7 Å². The summed E-state index contributed by atoms with van der Waals surface area (Å²) in [6, 6.07) is 12.1. The molecule has 0 saturated carbocycles. The SMILES string of the molecule is CCOc1ccc(C(=O)N2CCN=C2SCc2cccc(C(F)(F)F)c2)cc1. The van der Waals surface area contributed by atoms with E-state index in [4.69, 9.17) is 4.74 Å². The third-order valence-corrected chi connectivity index (χ3v) is 5.17. The van der Waals surface area contributed by atoms with Gasteiger partial charge in [0.05, 0.1) is 18.7 Å². The van der Waals surface area contributed by atoms with Gasteiger partial charge in [-0.1, -0.05) is 30.0 Å². The molecule has 0 fully saturated rings. The van der Waals surface area contributed by atoms with Gasteiger partial charge in [-0.25, -0.2) is 0 Å². The first kappa shape index (κ1) is 20.3. The van der Waals surface area contributed by atoms with E-state index in [0.717, 1.165) is 12.1 Å². The Bertz CT molecular complexity index is 866. The van der Waals surface area contributed by atoms with Crippen LogP contribution in [-0.4, -0.2) is 35.7 Å². The van der Waals surface area contributed by atoms with Crippen molar-refractivity contribution < 1.29 is 22.7 Å². The van der Waals surface area contributed by atoms with E-state index in [-0.39, 0.29) is 5.91 Å². The van der Waals surface area contributed by atoms with Gasteiger partial charge in [0.25, 0.3) is 5.91 Å². The first-order valence-corrected chi connectivity index (χ1v) is 9.75. The second-order valence-electron chi connectivity index (χ2n) is 6.07. The highest BCUT2D eigenvalue weighted by atomic mass is 32.2. The molecule has 0 saturated heterocycles. The zero-order chi connectivity index (χ0) is 20.1. The van der Waals surface area contributed by atoms with Gasteiger partial charge in [0.1, 0.15) is 5.75 Å². The second-order valence-corrected chi connectivity index (χ2v) is 7.01. The number of aliphatic imine (C=N–C) groups is 1. The van der Waals surface area contributed by atoms with Gasteiger partial charge < -0.3 is 4.74 Å². The van der Waals surface area contributed by atoms with Gasteiger partial charge in [0, 0.05) is 17.9 Å². The summed E-state index contributed by atoms with van der Waals surface area (Å²) >= 11 is 1.26. The monoisotopic (exact) mass is 408 g/mol. The van der Waals surface area contributed by atoms with E-state index in [9.17, 15) is 18.0 Å². The number of alkyl halides is 3. The molecule has 28 heavy (non-hydrogen) atoms. The first-order valence-electron chi connectivity index (χ1n) is 8.76. The topological polar surface area (TPSA) is 41.9 Å². The van der Waals surface area contributed by atoms with Crippen LogP contribution in [0.3, 0.4) is 0 Å². The lowest BCUT2D eigenvalue weighted by molar-refractivity contribution is -0.137. The molecular formula is C20H19F3N2O2S. The number of carbonyl (C=O) groups is 1. The largest absolute Gasteiger partial charge is 0.494 e. The summed E-state index contributed by atoms with van der Waals surface area (Å²) in [6.45, 7) is 3.36. The molecule has 0 bridgehead atoms. The Labute approximate surface area is 165 Å². The summed E-state index contributed by atoms with van der Waals surface area (Å²) in [5.74, 6) is 0.805. The van der Waals surface area contributed by atoms with Crippen molar-refractivity contribution in [3.05, 3.63) is 65.2 Å². The summed E-state index contributed by atoms with van der Waals surface area (Å²) in [7, 11) is 0. The van der Waals surface area contributed by atoms with E-state index in [1.54, 1.807) is 35.2 Å². The maximum atomic E-state index is 12.8. The van der Waals surface area contributed by atoms with Crippen LogP contribution in [-0.2, 0) is 11.9 Å². The van der Waals surface area contributed by atoms with E-state index < -0.39 is 11.7 Å². The van der Waals surface area contributed by atoms with Crippen LogP contribution in [0.2, 0.25) is 0 Å². The molecular weight excluding hydrogens is 389 g/mol. The minimum absolute atomic E-state index is 0.184. The van der Waals surface area contributed by atoms with Gasteiger partial charge in [0.15, 0.2) is 5.17 Å². The third-order valence-electron chi connectivity index (χ3n) is 4.08. The van der Waals surface area contributed by atoms with Gasteiger partial charge in [-0.3, -0.25) is 14.7 Å². The zero-order valence-electron chi connectivity index (χ0n) is 15.2. The fourth-order valence-electron chi connectivity index (χ4n) is 2.74. The molecule has 0 atom stereocenters. The van der Waals surface area contributed by atoms with Crippen LogP contribution < -0.4 is 4.74 Å². The molecule has 1 aliphatic heterocycles. The maximum absolute atomic E-state index is 12.8. The fourth-order valence-corrected chi connectivity index (χ4v) is 3.73. The van der Waals surface area contributed by atoms with E-state index >= 15 is 0 Å². The summed E-state index contributed by atoms with van der Waals surface area (Å²) < 4.78 is 43.9. The van der Waals surface area contributed by atoms with Crippen molar-refractivity contribution in [1.29, 1.82) is 0 Å². The molecule has 0 aromatic heterocycles. The number of hydrogen-bond acceptors (Lipinski definition) is 4. The number of hydrogen-bond donors (Lipinski definition) is 0. The molecule has 0 aliphatic carbocycles. The van der Waals surface area contributed by atoms with Crippen molar-refractivity contribution in [2.24, 2.45) is 4.99 Å². The number of ether oxygens (including phenoxy) is 1. The summed E-state index contributed by atoms with van der Waals surface area (Å²) in [6.07, 6.45) is -4.37. The molecule has 1 heterocycles. The molecule has 0 spiro atoms. The van der Waals surface area contributed by atoms with Crippen LogP contribution in [0.4, 0.5) is 13.2 Å². The lowest BCUT2D eigenvalue weighted by atomic mass is 10.1. The van der Waals surface area contributed by atoms with Gasteiger partial charge in [-0.15, -0.1) is 0 Å². The lowest BCUT2D eigenvalue weighted by Crippen LogP contribution is -2.32. The van der Waals surface area contributed by atoms with Crippen molar-refractivity contribution in [2.45, 2.75) is 18.9 Å². The van der Waals surface area contributed by atoms with E-state index in [2.05, 4.69) is 4.99 Å². The average Bonchev–Trinajstić information content (AvgIpc) is 3.15. The van der Waals surface area contributed by atoms with Crippen LogP contribution in [0.5, 0.6) is 5.75 Å². The molecule has 0 unspecified atom stereocenters. The number of thioether (sulfide) groups is 1. The Balaban J connectivity index is 1.65. The Kier molecular flexibility index (Phi) is 6.28. The van der Waals surface area contributed by atoms with Crippen LogP contribution in [0.15, 0.2) is 53.5 Å². The fraction of sp³-hybridized carbons (Fsp3) is 0.300. The van der Waals surface area contributed by atoms with E-state index in [0.29, 0.717) is 47.5 Å². The van der Waals surface area contributed by atoms with Gasteiger partial charge in [0.2, 0.25) is 0 Å². The molecule has 2 aromatic rings. The smallest absolute Gasteiger partial charge is 0.416 e. The van der Waals surface area contributed by atoms with Gasteiger partial charge in [-0.05, 0) is 42.8 Å². The third kappa shape index (κ3) is 4.86. The van der Waals surface area contributed by atoms with Crippen LogP contribution >= 0.6 is 11.8 Å². The van der Waals surface area contributed by atoms with Gasteiger partial charge >= 0.3 is 6.18 Å². The Morgan fingerprint density at radius 2 is 1.96 bits per heavy atom. The van der Waals surface area contributed by atoms with Crippen molar-refractivity contribution in [1.82, 2.24) is 4.90 Å². The maximum Gasteiger partial charge on any atom is 0.416 e. The minimum Gasteiger partial charge on any atom is -0.494 e. The summed E-state index contributed by atoms with van der Waals surface area (Å²) in [5.41, 5.74) is 0.363. The molecule has 1 aliphatic rings. The minimum atomic E-state index is -4.37. The molecule has 148 valence electrons. The molecule has 1 amide bonds. The Morgan fingerprint density at radius 1 is 1.21 bits per heavy atom. The number of amides is 1. The first-order chi connectivity index (χ1) is 13.4. The number of carbonyl (C=O) groups excluding carboxylic acids is 1. The number of nitrogens with zero attached hydrogens (tertiary/aromatic N) is 2. The highest BCUT2D eigenvalue weighted by molar-refractivity contribution is 8.13. The van der Waals surface area contributed by atoms with Crippen LogP contribution in [0.25, 0.3) is 0 Å². The molecule has 2 aromatic carbocycles. The molecule has 3 rings (SSSR count). The molecule has 4 nitrogen and oxygen atoms in total. The van der Waals surface area contributed by atoms with Gasteiger partial charge in [-0.2, -0.15) is 13.2 Å². The lowest BCUT2D eigenvalue weighted by Gasteiger charge is -2.18. The normalized spacial score (nSPS) is 14.1. The van der Waals surface area contributed by atoms with Crippen molar-refractivity contribution >= 4 is 22.8 Å². The number of halogens is 3.